The molecule has 9 nitrogen and oxygen atoms in total. The van der Waals surface area contributed by atoms with Crippen molar-refractivity contribution in [1.82, 2.24) is 5.32 Å². The van der Waals surface area contributed by atoms with Crippen molar-refractivity contribution in [3.8, 4) is 0 Å². The topological polar surface area (TPSA) is 149 Å². The Bertz CT molecular complexity index is 868. The Morgan fingerprint density at radius 2 is 1.10 bits per heavy atom. The van der Waals surface area contributed by atoms with E-state index in [2.05, 4.69) is 31.3 Å². The van der Waals surface area contributed by atoms with Gasteiger partial charge in [0.25, 0.3) is 0 Å². The minimum absolute atomic E-state index is 0.189. The highest BCUT2D eigenvalue weighted by atomic mass is 16.7. The molecule has 1 aliphatic heterocycles. The lowest BCUT2D eigenvalue weighted by atomic mass is 9.99. The fourth-order valence-electron chi connectivity index (χ4n) is 6.77. The summed E-state index contributed by atoms with van der Waals surface area (Å²) in [4.78, 5) is 12.9. The number of nitrogens with one attached hydrogen (secondary N) is 1. The maximum atomic E-state index is 12.9. The molecule has 306 valence electrons. The van der Waals surface area contributed by atoms with E-state index in [9.17, 15) is 30.3 Å². The fraction of sp³-hybridized carbons (Fsp3) is 0.884. The Morgan fingerprint density at radius 3 is 1.58 bits per heavy atom. The summed E-state index contributed by atoms with van der Waals surface area (Å²) in [6, 6.07) is -0.813. The zero-order chi connectivity index (χ0) is 38.1. The third-order valence-corrected chi connectivity index (χ3v) is 10.3. The lowest BCUT2D eigenvalue weighted by Gasteiger charge is -2.40. The molecule has 0 saturated carbocycles. The highest BCUT2D eigenvalue weighted by Gasteiger charge is 2.44. The number of amides is 1. The van der Waals surface area contributed by atoms with E-state index in [1.807, 2.05) is 6.08 Å². The first-order valence-electron chi connectivity index (χ1n) is 21.6. The van der Waals surface area contributed by atoms with Crippen LogP contribution in [0.15, 0.2) is 24.3 Å². The van der Waals surface area contributed by atoms with E-state index in [1.54, 1.807) is 6.08 Å². The molecule has 0 bridgehead atoms. The van der Waals surface area contributed by atoms with Crippen LogP contribution in [0.25, 0.3) is 0 Å². The van der Waals surface area contributed by atoms with E-state index in [-0.39, 0.29) is 12.5 Å². The fourth-order valence-corrected chi connectivity index (χ4v) is 6.77. The number of aliphatic hydroxyl groups is 5. The molecule has 7 atom stereocenters. The Balaban J connectivity index is 2.22. The second-order valence-corrected chi connectivity index (χ2v) is 15.1. The summed E-state index contributed by atoms with van der Waals surface area (Å²) in [7, 11) is 0. The molecule has 52 heavy (non-hydrogen) atoms. The highest BCUT2D eigenvalue weighted by Crippen LogP contribution is 2.22. The summed E-state index contributed by atoms with van der Waals surface area (Å²) < 4.78 is 11.1. The minimum atomic E-state index is -1.57. The molecule has 7 unspecified atom stereocenters. The number of hydrogen-bond acceptors (Lipinski definition) is 8. The van der Waals surface area contributed by atoms with Crippen molar-refractivity contribution < 1.29 is 39.8 Å². The summed E-state index contributed by atoms with van der Waals surface area (Å²) in [6.45, 7) is 3.64. The molecule has 0 aromatic heterocycles. The van der Waals surface area contributed by atoms with Crippen LogP contribution in [-0.4, -0.2) is 87.5 Å². The van der Waals surface area contributed by atoms with Gasteiger partial charge in [0.2, 0.25) is 5.91 Å². The van der Waals surface area contributed by atoms with E-state index in [1.165, 1.54) is 122 Å². The van der Waals surface area contributed by atoms with Crippen LogP contribution in [-0.2, 0) is 14.3 Å². The monoisotopic (exact) mass is 740 g/mol. The van der Waals surface area contributed by atoms with Crippen molar-refractivity contribution in [3.05, 3.63) is 24.3 Å². The van der Waals surface area contributed by atoms with E-state index in [4.69, 9.17) is 9.47 Å². The SMILES string of the molecule is CCC/C=C/CC/C=C/C(O)C(COC1OC(CO)C(O)C(O)C1O)NC(=O)CCCCCCCCCCCCCCCCCCCCCCCC. The first-order chi connectivity index (χ1) is 25.3. The zero-order valence-electron chi connectivity index (χ0n) is 33.3. The Morgan fingerprint density at radius 1 is 0.635 bits per heavy atom. The van der Waals surface area contributed by atoms with E-state index in [0.29, 0.717) is 6.42 Å². The van der Waals surface area contributed by atoms with Crippen LogP contribution in [0.2, 0.25) is 0 Å². The lowest BCUT2D eigenvalue weighted by Crippen LogP contribution is -2.60. The summed E-state index contributed by atoms with van der Waals surface area (Å²) in [6.07, 6.45) is 32.6. The van der Waals surface area contributed by atoms with Crippen LogP contribution in [0.5, 0.6) is 0 Å². The van der Waals surface area contributed by atoms with Crippen molar-refractivity contribution >= 4 is 5.91 Å². The molecule has 0 aliphatic carbocycles. The molecule has 1 amide bonds. The number of ether oxygens (including phenoxy) is 2. The molecule has 0 aromatic rings. The average molecular weight is 740 g/mol. The van der Waals surface area contributed by atoms with Crippen LogP contribution in [0.3, 0.4) is 0 Å². The van der Waals surface area contributed by atoms with E-state index >= 15 is 0 Å². The number of rotatable bonds is 35. The van der Waals surface area contributed by atoms with Gasteiger partial charge in [0.05, 0.1) is 25.4 Å². The van der Waals surface area contributed by atoms with Crippen LogP contribution >= 0.6 is 0 Å². The van der Waals surface area contributed by atoms with Gasteiger partial charge in [0.1, 0.15) is 24.4 Å². The molecule has 1 aliphatic rings. The number of aliphatic hydroxyl groups excluding tert-OH is 5. The molecule has 1 fully saturated rings. The minimum Gasteiger partial charge on any atom is -0.394 e. The molecule has 1 rings (SSSR count). The second kappa shape index (κ2) is 34.2. The smallest absolute Gasteiger partial charge is 0.220 e. The predicted octanol–water partition coefficient (Wildman–Crippen LogP) is 8.33. The summed E-state index contributed by atoms with van der Waals surface area (Å²) in [5.74, 6) is -0.189. The average Bonchev–Trinajstić information content (AvgIpc) is 3.14. The Kier molecular flexibility index (Phi) is 32.0. The molecule has 0 radical (unpaired) electrons. The van der Waals surface area contributed by atoms with Crippen LogP contribution in [0.4, 0.5) is 0 Å². The molecule has 0 spiro atoms. The number of carbonyl (C=O) groups excluding carboxylic acids is 1. The van der Waals surface area contributed by atoms with Gasteiger partial charge in [-0.05, 0) is 25.7 Å². The van der Waals surface area contributed by atoms with E-state index < -0.39 is 49.5 Å². The van der Waals surface area contributed by atoms with Gasteiger partial charge in [-0.2, -0.15) is 0 Å². The van der Waals surface area contributed by atoms with Crippen LogP contribution in [0.1, 0.15) is 187 Å². The third kappa shape index (κ3) is 24.9. The maximum Gasteiger partial charge on any atom is 0.220 e. The largest absolute Gasteiger partial charge is 0.394 e. The molecular formula is C43H81NO8. The van der Waals surface area contributed by atoms with Crippen LogP contribution < -0.4 is 5.32 Å². The third-order valence-electron chi connectivity index (χ3n) is 10.3. The van der Waals surface area contributed by atoms with Gasteiger partial charge in [-0.1, -0.05) is 179 Å². The predicted molar refractivity (Wildman–Crippen MR) is 212 cm³/mol. The molecule has 6 N–H and O–H groups in total. The second-order valence-electron chi connectivity index (χ2n) is 15.1. The van der Waals surface area contributed by atoms with Crippen LogP contribution in [0, 0.1) is 0 Å². The number of allylic oxidation sites excluding steroid dienone is 3. The van der Waals surface area contributed by atoms with Crippen molar-refractivity contribution in [2.45, 2.75) is 230 Å². The molecule has 1 heterocycles. The Hall–Kier alpha value is -1.33. The number of unbranched alkanes of at least 4 members (excludes halogenated alkanes) is 23. The normalized spacial score (nSPS) is 22.0. The molecule has 9 heteroatoms. The molecule has 1 saturated heterocycles. The summed E-state index contributed by atoms with van der Waals surface area (Å²) in [5.41, 5.74) is 0. The van der Waals surface area contributed by atoms with Crippen molar-refractivity contribution in [1.29, 1.82) is 0 Å². The zero-order valence-corrected chi connectivity index (χ0v) is 33.3. The first kappa shape index (κ1) is 48.7. The number of carbonyl (C=O) groups is 1. The summed E-state index contributed by atoms with van der Waals surface area (Å²) >= 11 is 0. The quantitative estimate of drug-likeness (QED) is 0.0281. The van der Waals surface area contributed by atoms with Gasteiger partial charge in [0, 0.05) is 6.42 Å². The Labute approximate surface area is 318 Å². The van der Waals surface area contributed by atoms with Gasteiger partial charge >= 0.3 is 0 Å². The lowest BCUT2D eigenvalue weighted by molar-refractivity contribution is -0.302. The first-order valence-corrected chi connectivity index (χ1v) is 21.6. The molecular weight excluding hydrogens is 658 g/mol. The van der Waals surface area contributed by atoms with Crippen molar-refractivity contribution in [2.75, 3.05) is 13.2 Å². The van der Waals surface area contributed by atoms with Crippen molar-refractivity contribution in [3.63, 3.8) is 0 Å². The highest BCUT2D eigenvalue weighted by molar-refractivity contribution is 5.76. The van der Waals surface area contributed by atoms with Gasteiger partial charge in [-0.25, -0.2) is 0 Å². The van der Waals surface area contributed by atoms with Gasteiger partial charge in [-0.15, -0.1) is 0 Å². The van der Waals surface area contributed by atoms with Crippen molar-refractivity contribution in [2.24, 2.45) is 0 Å². The van der Waals surface area contributed by atoms with Gasteiger partial charge in [-0.3, -0.25) is 4.79 Å². The van der Waals surface area contributed by atoms with E-state index in [0.717, 1.165) is 44.9 Å². The summed E-state index contributed by atoms with van der Waals surface area (Å²) in [5, 5.41) is 53.8. The van der Waals surface area contributed by atoms with Gasteiger partial charge < -0.3 is 40.3 Å². The number of hydrogen-bond donors (Lipinski definition) is 6. The van der Waals surface area contributed by atoms with Gasteiger partial charge in [0.15, 0.2) is 6.29 Å². The molecule has 0 aromatic carbocycles. The maximum absolute atomic E-state index is 12.9. The standard InChI is InChI=1S/C43H81NO8/c1-3-5-7-9-11-12-13-14-15-16-17-18-19-20-21-22-23-24-25-27-29-31-33-39(47)44-36(37(46)32-30-28-26-10-8-6-4-2)35-51-43-42(50)41(49)40(48)38(34-45)52-43/h8,10,30,32,36-38,40-43,45-46,48-50H,3-7,9,11-29,31,33-35H2,1-2H3,(H,44,47)/b10-8+,32-30+.